The minimum atomic E-state index is 0.419. The summed E-state index contributed by atoms with van der Waals surface area (Å²) >= 11 is 0. The highest BCUT2D eigenvalue weighted by atomic mass is 15.3. The van der Waals surface area contributed by atoms with Gasteiger partial charge in [0.25, 0.3) is 0 Å². The van der Waals surface area contributed by atoms with Gasteiger partial charge in [-0.05, 0) is 25.3 Å². The zero-order valence-electron chi connectivity index (χ0n) is 12.5. The van der Waals surface area contributed by atoms with Crippen LogP contribution in [-0.4, -0.2) is 33.7 Å². The highest BCUT2D eigenvalue weighted by Crippen LogP contribution is 2.20. The van der Waals surface area contributed by atoms with Gasteiger partial charge in [-0.2, -0.15) is 9.61 Å². The molecule has 20 heavy (non-hydrogen) atoms. The summed E-state index contributed by atoms with van der Waals surface area (Å²) < 4.78 is 1.95. The molecule has 3 heterocycles. The highest BCUT2D eigenvalue weighted by Gasteiger charge is 2.17. The topological polar surface area (TPSA) is 54.2 Å². The summed E-state index contributed by atoms with van der Waals surface area (Å²) in [6.45, 7) is 8.57. The van der Waals surface area contributed by atoms with Crippen molar-refractivity contribution in [2.45, 2.75) is 45.6 Å². The van der Waals surface area contributed by atoms with Crippen LogP contribution in [0.25, 0.3) is 5.65 Å². The summed E-state index contributed by atoms with van der Waals surface area (Å²) in [4.78, 5) is 4.68. The fraction of sp³-hybridized carbons (Fsp3) is 0.600. The molecule has 1 aliphatic rings. The fourth-order valence-corrected chi connectivity index (χ4v) is 2.60. The second kappa shape index (κ2) is 5.40. The molecule has 0 radical (unpaired) electrons. The third-order valence-corrected chi connectivity index (χ3v) is 3.87. The molecule has 5 heteroatoms. The van der Waals surface area contributed by atoms with Crippen molar-refractivity contribution in [1.82, 2.24) is 19.9 Å². The van der Waals surface area contributed by atoms with Crippen molar-refractivity contribution in [2.24, 2.45) is 0 Å². The van der Waals surface area contributed by atoms with Gasteiger partial charge in [-0.1, -0.05) is 20.8 Å². The SMILES string of the molecule is CCc1cc(NC2CCNC2)n2nc(C(C)C)cc2n1. The van der Waals surface area contributed by atoms with Crippen LogP contribution in [0.4, 0.5) is 5.82 Å². The molecular formula is C15H23N5. The van der Waals surface area contributed by atoms with Crippen LogP contribution in [0.1, 0.15) is 44.5 Å². The van der Waals surface area contributed by atoms with E-state index in [9.17, 15) is 0 Å². The standard InChI is InChI=1S/C15H23N5/c1-4-11-7-14(18-12-5-6-16-9-12)20-15(17-11)8-13(19-20)10(2)3/h7-8,10,12,16,18H,4-6,9H2,1-3H3. The smallest absolute Gasteiger partial charge is 0.157 e. The van der Waals surface area contributed by atoms with Crippen LogP contribution in [0.3, 0.4) is 0 Å². The third kappa shape index (κ3) is 2.50. The van der Waals surface area contributed by atoms with Gasteiger partial charge >= 0.3 is 0 Å². The second-order valence-electron chi connectivity index (χ2n) is 5.81. The summed E-state index contributed by atoms with van der Waals surface area (Å²) in [5, 5.41) is 11.7. The Morgan fingerprint density at radius 3 is 2.95 bits per heavy atom. The molecule has 0 saturated carbocycles. The lowest BCUT2D eigenvalue weighted by atomic mass is 10.1. The van der Waals surface area contributed by atoms with Crippen molar-refractivity contribution >= 4 is 11.5 Å². The molecule has 0 aromatic carbocycles. The number of hydrogen-bond acceptors (Lipinski definition) is 4. The summed E-state index contributed by atoms with van der Waals surface area (Å²) in [6.07, 6.45) is 2.10. The molecule has 1 aliphatic heterocycles. The number of anilines is 1. The molecule has 5 nitrogen and oxygen atoms in total. The van der Waals surface area contributed by atoms with Crippen LogP contribution >= 0.6 is 0 Å². The molecule has 0 aliphatic carbocycles. The quantitative estimate of drug-likeness (QED) is 0.896. The van der Waals surface area contributed by atoms with E-state index in [2.05, 4.69) is 48.5 Å². The number of rotatable bonds is 4. The van der Waals surface area contributed by atoms with Crippen LogP contribution in [0, 0.1) is 0 Å². The molecule has 0 spiro atoms. The lowest BCUT2D eigenvalue weighted by Gasteiger charge is -2.14. The molecule has 2 aromatic rings. The Labute approximate surface area is 119 Å². The number of hydrogen-bond donors (Lipinski definition) is 2. The Balaban J connectivity index is 2.02. The number of nitrogens with one attached hydrogen (secondary N) is 2. The molecule has 0 bridgehead atoms. The van der Waals surface area contributed by atoms with E-state index < -0.39 is 0 Å². The van der Waals surface area contributed by atoms with Gasteiger partial charge in [0.15, 0.2) is 5.65 Å². The van der Waals surface area contributed by atoms with Crippen LogP contribution < -0.4 is 10.6 Å². The van der Waals surface area contributed by atoms with Gasteiger partial charge < -0.3 is 10.6 Å². The van der Waals surface area contributed by atoms with E-state index in [1.807, 2.05) is 4.52 Å². The van der Waals surface area contributed by atoms with E-state index >= 15 is 0 Å². The van der Waals surface area contributed by atoms with Crippen molar-refractivity contribution in [3.63, 3.8) is 0 Å². The molecule has 1 atom stereocenters. The van der Waals surface area contributed by atoms with Crippen molar-refractivity contribution in [2.75, 3.05) is 18.4 Å². The molecule has 1 saturated heterocycles. The van der Waals surface area contributed by atoms with Gasteiger partial charge in [0, 0.05) is 30.4 Å². The van der Waals surface area contributed by atoms with Gasteiger partial charge in [-0.3, -0.25) is 0 Å². The maximum absolute atomic E-state index is 4.70. The minimum absolute atomic E-state index is 0.419. The van der Waals surface area contributed by atoms with E-state index in [0.29, 0.717) is 12.0 Å². The molecule has 1 unspecified atom stereocenters. The fourth-order valence-electron chi connectivity index (χ4n) is 2.60. The van der Waals surface area contributed by atoms with E-state index in [0.717, 1.165) is 48.8 Å². The zero-order valence-corrected chi connectivity index (χ0v) is 12.5. The van der Waals surface area contributed by atoms with Gasteiger partial charge in [0.05, 0.1) is 5.69 Å². The average molecular weight is 273 g/mol. The Hall–Kier alpha value is -1.62. The predicted molar refractivity (Wildman–Crippen MR) is 81.4 cm³/mol. The van der Waals surface area contributed by atoms with Crippen LogP contribution in [0.15, 0.2) is 12.1 Å². The molecule has 2 N–H and O–H groups in total. The van der Waals surface area contributed by atoms with Gasteiger partial charge in [-0.15, -0.1) is 0 Å². The number of fused-ring (bicyclic) bond motifs is 1. The van der Waals surface area contributed by atoms with E-state index in [1.165, 1.54) is 0 Å². The first-order chi connectivity index (χ1) is 9.67. The maximum Gasteiger partial charge on any atom is 0.157 e. The lowest BCUT2D eigenvalue weighted by molar-refractivity contribution is 0.755. The van der Waals surface area contributed by atoms with Crippen molar-refractivity contribution in [3.8, 4) is 0 Å². The Kier molecular flexibility index (Phi) is 3.61. The number of aromatic nitrogens is 3. The van der Waals surface area contributed by atoms with Crippen molar-refractivity contribution in [3.05, 3.63) is 23.5 Å². The average Bonchev–Trinajstić information content (AvgIpc) is 3.06. The van der Waals surface area contributed by atoms with Crippen LogP contribution in [-0.2, 0) is 6.42 Å². The monoisotopic (exact) mass is 273 g/mol. The number of aryl methyl sites for hydroxylation is 1. The zero-order chi connectivity index (χ0) is 14.1. The first-order valence-corrected chi connectivity index (χ1v) is 7.54. The Morgan fingerprint density at radius 2 is 2.30 bits per heavy atom. The molecule has 108 valence electrons. The normalized spacial score (nSPS) is 19.1. The highest BCUT2D eigenvalue weighted by molar-refractivity contribution is 5.51. The van der Waals surface area contributed by atoms with Crippen molar-refractivity contribution < 1.29 is 0 Å². The molecular weight excluding hydrogens is 250 g/mol. The second-order valence-corrected chi connectivity index (χ2v) is 5.81. The summed E-state index contributed by atoms with van der Waals surface area (Å²) in [5.74, 6) is 1.48. The van der Waals surface area contributed by atoms with Crippen molar-refractivity contribution in [1.29, 1.82) is 0 Å². The number of nitrogens with zero attached hydrogens (tertiary/aromatic N) is 3. The van der Waals surface area contributed by atoms with E-state index in [-0.39, 0.29) is 0 Å². The van der Waals surface area contributed by atoms with E-state index in [1.54, 1.807) is 0 Å². The molecule has 1 fully saturated rings. The molecule has 2 aromatic heterocycles. The lowest BCUT2D eigenvalue weighted by Crippen LogP contribution is -2.24. The van der Waals surface area contributed by atoms with E-state index in [4.69, 9.17) is 5.10 Å². The maximum atomic E-state index is 4.70. The summed E-state index contributed by atoms with van der Waals surface area (Å²) in [6, 6.07) is 4.71. The van der Waals surface area contributed by atoms with Crippen LogP contribution in [0.2, 0.25) is 0 Å². The van der Waals surface area contributed by atoms with Gasteiger partial charge in [0.2, 0.25) is 0 Å². The first-order valence-electron chi connectivity index (χ1n) is 7.54. The van der Waals surface area contributed by atoms with Crippen LogP contribution in [0.5, 0.6) is 0 Å². The third-order valence-electron chi connectivity index (χ3n) is 3.87. The molecule has 0 amide bonds. The Morgan fingerprint density at radius 1 is 1.45 bits per heavy atom. The van der Waals surface area contributed by atoms with Gasteiger partial charge in [0.1, 0.15) is 5.82 Å². The Bertz CT molecular complexity index is 596. The predicted octanol–water partition coefficient (Wildman–Crippen LogP) is 2.19. The largest absolute Gasteiger partial charge is 0.366 e. The summed E-state index contributed by atoms with van der Waals surface area (Å²) in [7, 11) is 0. The minimum Gasteiger partial charge on any atom is -0.366 e. The molecule has 3 rings (SSSR count). The van der Waals surface area contributed by atoms with Gasteiger partial charge in [-0.25, -0.2) is 4.98 Å². The summed E-state index contributed by atoms with van der Waals surface area (Å²) in [5.41, 5.74) is 3.15. The first kappa shape index (κ1) is 13.4.